The van der Waals surface area contributed by atoms with Crippen molar-refractivity contribution in [3.8, 4) is 11.8 Å². The molecule has 1 aromatic heterocycles. The van der Waals surface area contributed by atoms with Gasteiger partial charge in [0.15, 0.2) is 5.69 Å². The first-order chi connectivity index (χ1) is 10.8. The Morgan fingerprint density at radius 3 is 2.59 bits per heavy atom. The Bertz CT molecular complexity index is 848. The van der Waals surface area contributed by atoms with E-state index in [-0.39, 0.29) is 5.69 Å². The maximum atomic E-state index is 12.2. The van der Waals surface area contributed by atoms with Crippen molar-refractivity contribution in [3.05, 3.63) is 72.1 Å². The highest BCUT2D eigenvalue weighted by molar-refractivity contribution is 6.03. The zero-order chi connectivity index (χ0) is 15.4. The Hall–Kier alpha value is -3.46. The molecule has 1 amide bonds. The van der Waals surface area contributed by atoms with Crippen LogP contribution in [0.2, 0.25) is 0 Å². The van der Waals surface area contributed by atoms with Crippen molar-refractivity contribution < 1.29 is 4.79 Å². The number of hydrogen-bond donors (Lipinski definition) is 1. The first kappa shape index (κ1) is 13.5. The normalized spacial score (nSPS) is 9.95. The topological polar surface area (TPSA) is 83.6 Å². The number of carbonyl (C=O) groups is 1. The van der Waals surface area contributed by atoms with Gasteiger partial charge in [-0.15, -0.1) is 5.10 Å². The van der Waals surface area contributed by atoms with Crippen LogP contribution >= 0.6 is 0 Å². The van der Waals surface area contributed by atoms with Crippen molar-refractivity contribution in [2.45, 2.75) is 0 Å². The Morgan fingerprint density at radius 1 is 1.09 bits per heavy atom. The molecule has 1 N–H and O–H groups in total. The minimum atomic E-state index is -0.412. The second kappa shape index (κ2) is 5.89. The summed E-state index contributed by atoms with van der Waals surface area (Å²) < 4.78 is 0. The molecule has 0 saturated heterocycles. The van der Waals surface area contributed by atoms with Crippen molar-refractivity contribution in [2.75, 3.05) is 5.32 Å². The quantitative estimate of drug-likeness (QED) is 0.802. The van der Waals surface area contributed by atoms with Gasteiger partial charge in [0.1, 0.15) is 6.07 Å². The van der Waals surface area contributed by atoms with Crippen molar-refractivity contribution in [1.29, 1.82) is 5.26 Å². The summed E-state index contributed by atoms with van der Waals surface area (Å²) in [6, 6.07) is 18.1. The molecule has 0 saturated carbocycles. The van der Waals surface area contributed by atoms with E-state index >= 15 is 0 Å². The van der Waals surface area contributed by atoms with Gasteiger partial charge < -0.3 is 5.32 Å². The molecule has 2 aromatic carbocycles. The molecule has 1 heterocycles. The average Bonchev–Trinajstić information content (AvgIpc) is 3.06. The summed E-state index contributed by atoms with van der Waals surface area (Å²) >= 11 is 0. The maximum absolute atomic E-state index is 12.2. The molecule has 6 nitrogen and oxygen atoms in total. The second-order valence-electron chi connectivity index (χ2n) is 4.47. The highest BCUT2D eigenvalue weighted by atomic mass is 16.2. The zero-order valence-electron chi connectivity index (χ0n) is 11.5. The second-order valence-corrected chi connectivity index (χ2v) is 4.47. The van der Waals surface area contributed by atoms with Gasteiger partial charge in [-0.1, -0.05) is 30.3 Å². The van der Waals surface area contributed by atoms with Gasteiger partial charge in [-0.2, -0.15) is 15.2 Å². The number of rotatable bonds is 3. The average molecular weight is 289 g/mol. The van der Waals surface area contributed by atoms with Crippen LogP contribution in [0.3, 0.4) is 0 Å². The van der Waals surface area contributed by atoms with Crippen LogP contribution in [0, 0.1) is 11.3 Å². The van der Waals surface area contributed by atoms with Crippen LogP contribution in [0.15, 0.2) is 60.8 Å². The van der Waals surface area contributed by atoms with E-state index in [1.54, 1.807) is 24.3 Å². The number of amides is 1. The van der Waals surface area contributed by atoms with E-state index < -0.39 is 5.91 Å². The fourth-order valence-corrected chi connectivity index (χ4v) is 1.93. The third-order valence-corrected chi connectivity index (χ3v) is 3.01. The summed E-state index contributed by atoms with van der Waals surface area (Å²) in [5.74, 6) is -0.412. The molecule has 0 spiro atoms. The van der Waals surface area contributed by atoms with E-state index in [1.807, 2.05) is 36.4 Å². The SMILES string of the molecule is N#Cc1ccccc1NC(=O)c1cnn(-c2ccccc2)n1. The summed E-state index contributed by atoms with van der Waals surface area (Å²) in [4.78, 5) is 13.6. The fraction of sp³-hybridized carbons (Fsp3) is 0. The van der Waals surface area contributed by atoms with Crippen LogP contribution in [-0.4, -0.2) is 20.9 Å². The van der Waals surface area contributed by atoms with Gasteiger partial charge in [0.05, 0.1) is 23.1 Å². The lowest BCUT2D eigenvalue weighted by Crippen LogP contribution is -2.14. The standard InChI is InChI=1S/C16H11N5O/c17-10-12-6-4-5-9-14(12)19-16(22)15-11-18-21(20-15)13-7-2-1-3-8-13/h1-9,11H,(H,19,22). The molecule has 106 valence electrons. The van der Waals surface area contributed by atoms with Crippen LogP contribution in [-0.2, 0) is 0 Å². The number of nitrogens with one attached hydrogen (secondary N) is 1. The van der Waals surface area contributed by atoms with Crippen LogP contribution in [0.4, 0.5) is 5.69 Å². The van der Waals surface area contributed by atoms with Crippen molar-refractivity contribution in [3.63, 3.8) is 0 Å². The summed E-state index contributed by atoms with van der Waals surface area (Å²) in [6.07, 6.45) is 1.39. The van der Waals surface area contributed by atoms with Crippen molar-refractivity contribution in [2.24, 2.45) is 0 Å². The lowest BCUT2D eigenvalue weighted by atomic mass is 10.2. The Kier molecular flexibility index (Phi) is 3.62. The Morgan fingerprint density at radius 2 is 1.82 bits per heavy atom. The van der Waals surface area contributed by atoms with Crippen molar-refractivity contribution >= 4 is 11.6 Å². The molecule has 0 unspecified atom stereocenters. The lowest BCUT2D eigenvalue weighted by molar-refractivity contribution is 0.102. The number of benzene rings is 2. The number of aromatic nitrogens is 3. The summed E-state index contributed by atoms with van der Waals surface area (Å²) in [5.41, 5.74) is 1.78. The predicted molar refractivity (Wildman–Crippen MR) is 80.5 cm³/mol. The molecule has 0 aliphatic rings. The van der Waals surface area contributed by atoms with E-state index in [1.165, 1.54) is 11.0 Å². The first-order valence-corrected chi connectivity index (χ1v) is 6.56. The summed E-state index contributed by atoms with van der Waals surface area (Å²) in [6.45, 7) is 0. The molecule has 0 fully saturated rings. The van der Waals surface area contributed by atoms with Gasteiger partial charge in [0.2, 0.25) is 0 Å². The third-order valence-electron chi connectivity index (χ3n) is 3.01. The zero-order valence-corrected chi connectivity index (χ0v) is 11.5. The fourth-order valence-electron chi connectivity index (χ4n) is 1.93. The monoisotopic (exact) mass is 289 g/mol. The summed E-state index contributed by atoms with van der Waals surface area (Å²) in [5, 5.41) is 19.9. The number of nitrogens with zero attached hydrogens (tertiary/aromatic N) is 4. The molecule has 3 aromatic rings. The summed E-state index contributed by atoms with van der Waals surface area (Å²) in [7, 11) is 0. The van der Waals surface area contributed by atoms with Crippen molar-refractivity contribution in [1.82, 2.24) is 15.0 Å². The minimum Gasteiger partial charge on any atom is -0.319 e. The number of anilines is 1. The Balaban J connectivity index is 1.82. The van der Waals surface area contributed by atoms with Gasteiger partial charge in [-0.05, 0) is 24.3 Å². The molecule has 6 heteroatoms. The predicted octanol–water partition coefficient (Wildman–Crippen LogP) is 2.39. The van der Waals surface area contributed by atoms with Crippen LogP contribution in [0.1, 0.15) is 16.1 Å². The van der Waals surface area contributed by atoms with Crippen LogP contribution < -0.4 is 5.32 Å². The molecule has 22 heavy (non-hydrogen) atoms. The molecule has 3 rings (SSSR count). The van der Waals surface area contributed by atoms with E-state index in [0.717, 1.165) is 5.69 Å². The number of para-hydroxylation sites is 2. The minimum absolute atomic E-state index is 0.177. The van der Waals surface area contributed by atoms with E-state index in [2.05, 4.69) is 15.5 Å². The van der Waals surface area contributed by atoms with E-state index in [4.69, 9.17) is 5.26 Å². The van der Waals surface area contributed by atoms with Crippen LogP contribution in [0.25, 0.3) is 5.69 Å². The van der Waals surface area contributed by atoms with Crippen LogP contribution in [0.5, 0.6) is 0 Å². The molecule has 0 aliphatic heterocycles. The number of carbonyl (C=O) groups excluding carboxylic acids is 1. The van der Waals surface area contributed by atoms with E-state index in [9.17, 15) is 4.79 Å². The van der Waals surface area contributed by atoms with E-state index in [0.29, 0.717) is 11.3 Å². The maximum Gasteiger partial charge on any atom is 0.277 e. The smallest absolute Gasteiger partial charge is 0.277 e. The molecule has 0 aliphatic carbocycles. The van der Waals surface area contributed by atoms with Gasteiger partial charge >= 0.3 is 0 Å². The molecule has 0 bridgehead atoms. The first-order valence-electron chi connectivity index (χ1n) is 6.56. The highest BCUT2D eigenvalue weighted by Gasteiger charge is 2.13. The van der Waals surface area contributed by atoms with Gasteiger partial charge in [0.25, 0.3) is 5.91 Å². The van der Waals surface area contributed by atoms with Gasteiger partial charge in [0, 0.05) is 0 Å². The van der Waals surface area contributed by atoms with Gasteiger partial charge in [-0.3, -0.25) is 4.79 Å². The lowest BCUT2D eigenvalue weighted by Gasteiger charge is -2.04. The highest BCUT2D eigenvalue weighted by Crippen LogP contribution is 2.14. The Labute approximate surface area is 126 Å². The molecule has 0 atom stereocenters. The number of hydrogen-bond acceptors (Lipinski definition) is 4. The number of nitriles is 1. The largest absolute Gasteiger partial charge is 0.319 e. The third kappa shape index (κ3) is 2.69. The molecular formula is C16H11N5O. The molecule has 0 radical (unpaired) electrons. The van der Waals surface area contributed by atoms with Gasteiger partial charge in [-0.25, -0.2) is 0 Å². The molecular weight excluding hydrogens is 278 g/mol.